The third kappa shape index (κ3) is 4.52. The van der Waals surface area contributed by atoms with E-state index < -0.39 is 0 Å². The van der Waals surface area contributed by atoms with E-state index in [4.69, 9.17) is 21.7 Å². The lowest BCUT2D eigenvalue weighted by Gasteiger charge is -2.14. The van der Waals surface area contributed by atoms with Gasteiger partial charge in [0.1, 0.15) is 11.5 Å². The lowest BCUT2D eigenvalue weighted by Crippen LogP contribution is -2.19. The molecule has 0 atom stereocenters. The maximum atomic E-state index is 5.40. The number of nitrogens with one attached hydrogen (secondary N) is 2. The first-order valence-corrected chi connectivity index (χ1v) is 8.45. The second kappa shape index (κ2) is 8.35. The highest BCUT2D eigenvalue weighted by molar-refractivity contribution is 7.80. The van der Waals surface area contributed by atoms with Gasteiger partial charge in [-0.05, 0) is 48.1 Å². The van der Waals surface area contributed by atoms with Crippen LogP contribution in [0.4, 0.5) is 11.4 Å². The smallest absolute Gasteiger partial charge is 0.175 e. The summed E-state index contributed by atoms with van der Waals surface area (Å²) in [5.74, 6) is 1.41. The second-order valence-electron chi connectivity index (χ2n) is 5.55. The minimum atomic E-state index is 0.469. The van der Waals surface area contributed by atoms with Gasteiger partial charge in [-0.3, -0.25) is 4.68 Å². The molecule has 3 aromatic rings. The molecule has 0 saturated heterocycles. The topological polar surface area (TPSA) is 60.3 Å². The van der Waals surface area contributed by atoms with E-state index in [0.717, 1.165) is 29.2 Å². The Morgan fingerprint density at radius 1 is 1.08 bits per heavy atom. The Balaban J connectivity index is 1.63. The van der Waals surface area contributed by atoms with Crippen molar-refractivity contribution in [3.8, 4) is 11.5 Å². The highest BCUT2D eigenvalue weighted by atomic mass is 32.1. The molecule has 0 fully saturated rings. The molecule has 1 heterocycles. The number of hydrogen-bond donors (Lipinski definition) is 2. The van der Waals surface area contributed by atoms with Gasteiger partial charge in [-0.15, -0.1) is 0 Å². The number of rotatable bonds is 6. The van der Waals surface area contributed by atoms with E-state index >= 15 is 0 Å². The highest BCUT2D eigenvalue weighted by Gasteiger charge is 2.07. The second-order valence-corrected chi connectivity index (χ2v) is 5.95. The van der Waals surface area contributed by atoms with Crippen molar-refractivity contribution in [2.24, 2.45) is 0 Å². The quantitative estimate of drug-likeness (QED) is 0.646. The number of aromatic nitrogens is 2. The van der Waals surface area contributed by atoms with E-state index in [0.29, 0.717) is 10.9 Å². The number of nitrogens with zero attached hydrogens (tertiary/aromatic N) is 2. The summed E-state index contributed by atoms with van der Waals surface area (Å²) in [4.78, 5) is 0. The van der Waals surface area contributed by atoms with Gasteiger partial charge in [0, 0.05) is 24.1 Å². The third-order valence-corrected chi connectivity index (χ3v) is 3.97. The van der Waals surface area contributed by atoms with Crippen molar-refractivity contribution in [2.45, 2.75) is 6.54 Å². The predicted octanol–water partition coefficient (Wildman–Crippen LogP) is 3.76. The molecular weight excluding hydrogens is 348 g/mol. The molecular formula is C19H20N4O2S. The molecule has 1 aromatic heterocycles. The molecule has 134 valence electrons. The van der Waals surface area contributed by atoms with E-state index in [9.17, 15) is 0 Å². The monoisotopic (exact) mass is 368 g/mol. The molecule has 3 rings (SSSR count). The summed E-state index contributed by atoms with van der Waals surface area (Å²) < 4.78 is 12.5. The molecule has 0 amide bonds. The minimum Gasteiger partial charge on any atom is -0.497 e. The molecule has 0 radical (unpaired) electrons. The molecule has 26 heavy (non-hydrogen) atoms. The van der Waals surface area contributed by atoms with Crippen LogP contribution < -0.4 is 20.1 Å². The Hall–Kier alpha value is -3.06. The molecule has 6 nitrogen and oxygen atoms in total. The summed E-state index contributed by atoms with van der Waals surface area (Å²) in [6.07, 6.45) is 3.71. The first-order chi connectivity index (χ1) is 12.7. The summed E-state index contributed by atoms with van der Waals surface area (Å²) in [5.41, 5.74) is 2.79. The van der Waals surface area contributed by atoms with E-state index in [1.54, 1.807) is 20.4 Å². The van der Waals surface area contributed by atoms with Crippen LogP contribution in [0.2, 0.25) is 0 Å². The van der Waals surface area contributed by atoms with Crippen molar-refractivity contribution in [3.63, 3.8) is 0 Å². The summed E-state index contributed by atoms with van der Waals surface area (Å²) in [6, 6.07) is 15.4. The van der Waals surface area contributed by atoms with Crippen LogP contribution in [0.15, 0.2) is 60.9 Å². The third-order valence-electron chi connectivity index (χ3n) is 3.77. The van der Waals surface area contributed by atoms with Crippen molar-refractivity contribution in [1.29, 1.82) is 0 Å². The number of benzene rings is 2. The lowest BCUT2D eigenvalue weighted by molar-refractivity contribution is 0.405. The molecule has 0 bridgehead atoms. The van der Waals surface area contributed by atoms with Gasteiger partial charge in [0.05, 0.1) is 26.5 Å². The maximum Gasteiger partial charge on any atom is 0.175 e. The number of hydrogen-bond acceptors (Lipinski definition) is 4. The molecule has 2 aromatic carbocycles. The van der Waals surface area contributed by atoms with Gasteiger partial charge in [-0.2, -0.15) is 5.10 Å². The molecule has 0 aliphatic heterocycles. The summed E-state index contributed by atoms with van der Waals surface area (Å²) in [5, 5.41) is 11.0. The van der Waals surface area contributed by atoms with Crippen LogP contribution in [-0.4, -0.2) is 29.1 Å². The molecule has 0 unspecified atom stereocenters. The predicted molar refractivity (Wildman–Crippen MR) is 107 cm³/mol. The molecule has 2 N–H and O–H groups in total. The lowest BCUT2D eigenvalue weighted by atomic mass is 10.2. The minimum absolute atomic E-state index is 0.469. The van der Waals surface area contributed by atoms with Crippen molar-refractivity contribution < 1.29 is 9.47 Å². The van der Waals surface area contributed by atoms with Gasteiger partial charge in [-0.25, -0.2) is 0 Å². The summed E-state index contributed by atoms with van der Waals surface area (Å²) in [7, 11) is 3.23. The molecule has 0 spiro atoms. The number of anilines is 2. The van der Waals surface area contributed by atoms with E-state index in [1.165, 1.54) is 0 Å². The fourth-order valence-electron chi connectivity index (χ4n) is 2.47. The highest BCUT2D eigenvalue weighted by Crippen LogP contribution is 2.29. The fraction of sp³-hybridized carbons (Fsp3) is 0.158. The van der Waals surface area contributed by atoms with Crippen LogP contribution in [0.25, 0.3) is 0 Å². The van der Waals surface area contributed by atoms with E-state index in [1.807, 2.05) is 59.4 Å². The van der Waals surface area contributed by atoms with Crippen LogP contribution in [0.3, 0.4) is 0 Å². The van der Waals surface area contributed by atoms with Crippen LogP contribution >= 0.6 is 12.2 Å². The van der Waals surface area contributed by atoms with Gasteiger partial charge in [0.2, 0.25) is 0 Å². The van der Waals surface area contributed by atoms with Crippen LogP contribution in [0.5, 0.6) is 11.5 Å². The molecule has 7 heteroatoms. The first-order valence-electron chi connectivity index (χ1n) is 8.04. The molecule has 0 aliphatic rings. The SMILES string of the molecule is COc1ccc(OC)c(NC(=S)Nc2ccc(Cn3cccn3)cc2)c1. The number of methoxy groups -OCH3 is 2. The first kappa shape index (κ1) is 17.8. The zero-order valence-electron chi connectivity index (χ0n) is 14.6. The van der Waals surface area contributed by atoms with Crippen LogP contribution in [0, 0.1) is 0 Å². The normalized spacial score (nSPS) is 10.2. The van der Waals surface area contributed by atoms with Crippen LogP contribution in [-0.2, 0) is 6.54 Å². The fourth-order valence-corrected chi connectivity index (χ4v) is 2.70. The van der Waals surface area contributed by atoms with Crippen molar-refractivity contribution in [3.05, 3.63) is 66.5 Å². The maximum absolute atomic E-state index is 5.40. The zero-order valence-corrected chi connectivity index (χ0v) is 15.4. The zero-order chi connectivity index (χ0) is 18.4. The molecule has 0 saturated carbocycles. The molecule has 0 aliphatic carbocycles. The number of ether oxygens (including phenoxy) is 2. The van der Waals surface area contributed by atoms with Gasteiger partial charge in [0.25, 0.3) is 0 Å². The van der Waals surface area contributed by atoms with Crippen molar-refractivity contribution >= 4 is 28.7 Å². The van der Waals surface area contributed by atoms with Crippen molar-refractivity contribution in [2.75, 3.05) is 24.9 Å². The Bertz CT molecular complexity index is 864. The van der Waals surface area contributed by atoms with Gasteiger partial charge >= 0.3 is 0 Å². The largest absolute Gasteiger partial charge is 0.497 e. The number of thiocarbonyl (C=S) groups is 1. The summed E-state index contributed by atoms with van der Waals surface area (Å²) in [6.45, 7) is 0.733. The Morgan fingerprint density at radius 3 is 2.54 bits per heavy atom. The van der Waals surface area contributed by atoms with Crippen molar-refractivity contribution in [1.82, 2.24) is 9.78 Å². The Morgan fingerprint density at radius 2 is 1.88 bits per heavy atom. The standard InChI is InChI=1S/C19H20N4O2S/c1-24-16-8-9-18(25-2)17(12-16)22-19(26)21-15-6-4-14(5-7-15)13-23-11-3-10-20-23/h3-12H,13H2,1-2H3,(H2,21,22,26). The summed E-state index contributed by atoms with van der Waals surface area (Å²) >= 11 is 5.40. The van der Waals surface area contributed by atoms with Gasteiger partial charge < -0.3 is 20.1 Å². The Kier molecular flexibility index (Phi) is 5.70. The van der Waals surface area contributed by atoms with E-state index in [2.05, 4.69) is 15.7 Å². The van der Waals surface area contributed by atoms with Crippen LogP contribution in [0.1, 0.15) is 5.56 Å². The average Bonchev–Trinajstić information content (AvgIpc) is 3.16. The van der Waals surface area contributed by atoms with E-state index in [-0.39, 0.29) is 0 Å². The average molecular weight is 368 g/mol. The van der Waals surface area contributed by atoms with Gasteiger partial charge in [-0.1, -0.05) is 12.1 Å². The van der Waals surface area contributed by atoms with Gasteiger partial charge in [0.15, 0.2) is 5.11 Å². The Labute approximate surface area is 157 Å².